The molecule has 0 atom stereocenters. The lowest BCUT2D eigenvalue weighted by Gasteiger charge is -2.05. The van der Waals surface area contributed by atoms with Gasteiger partial charge in [0.25, 0.3) is 0 Å². The molecule has 0 radical (unpaired) electrons. The average Bonchev–Trinajstić information content (AvgIpc) is 2.50. The summed E-state index contributed by atoms with van der Waals surface area (Å²) in [6.45, 7) is 2.22. The van der Waals surface area contributed by atoms with Crippen LogP contribution in [0.2, 0.25) is 0 Å². The maximum absolute atomic E-state index is 13.3. The van der Waals surface area contributed by atoms with Crippen molar-refractivity contribution >= 4 is 5.78 Å². The Bertz CT molecular complexity index is 429. The van der Waals surface area contributed by atoms with E-state index in [2.05, 4.69) is 6.92 Å². The van der Waals surface area contributed by atoms with E-state index in [1.807, 2.05) is 0 Å². The lowest BCUT2D eigenvalue weighted by atomic mass is 10.0. The summed E-state index contributed by atoms with van der Waals surface area (Å²) in [4.78, 5) is 12.0. The number of ketones is 1. The first-order chi connectivity index (χ1) is 10.2. The van der Waals surface area contributed by atoms with Crippen LogP contribution in [0.4, 0.5) is 4.39 Å². The molecular formula is C18H27FO2. The van der Waals surface area contributed by atoms with Crippen molar-refractivity contribution in [3.8, 4) is 5.75 Å². The first-order valence-corrected chi connectivity index (χ1v) is 8.05. The first kappa shape index (κ1) is 17.7. The molecular weight excluding hydrogens is 267 g/mol. The normalized spacial score (nSPS) is 10.6. The van der Waals surface area contributed by atoms with Crippen molar-refractivity contribution < 1.29 is 13.9 Å². The van der Waals surface area contributed by atoms with E-state index in [-0.39, 0.29) is 11.5 Å². The van der Waals surface area contributed by atoms with Gasteiger partial charge in [-0.1, -0.05) is 51.9 Å². The van der Waals surface area contributed by atoms with Gasteiger partial charge in [-0.15, -0.1) is 0 Å². The molecule has 0 aliphatic carbocycles. The van der Waals surface area contributed by atoms with Crippen LogP contribution in [0, 0.1) is 5.82 Å². The predicted octanol–water partition coefficient (Wildman–Crippen LogP) is 5.55. The molecule has 118 valence electrons. The van der Waals surface area contributed by atoms with Gasteiger partial charge in [0, 0.05) is 12.0 Å². The third-order valence-corrected chi connectivity index (χ3v) is 3.73. The molecule has 0 amide bonds. The van der Waals surface area contributed by atoms with E-state index in [1.165, 1.54) is 63.8 Å². The van der Waals surface area contributed by atoms with Crippen molar-refractivity contribution in [1.29, 1.82) is 0 Å². The molecule has 0 aliphatic rings. The standard InChI is InChI=1S/C18H27FO2/c1-3-4-5-6-7-8-9-10-11-17(20)15-12-13-16(19)18(14-15)21-2/h12-14H,3-11H2,1-2H3. The molecule has 3 heteroatoms. The molecule has 1 aromatic carbocycles. The zero-order chi connectivity index (χ0) is 15.5. The van der Waals surface area contributed by atoms with Crippen LogP contribution in [-0.2, 0) is 0 Å². The second kappa shape index (κ2) is 10.4. The fourth-order valence-corrected chi connectivity index (χ4v) is 2.40. The van der Waals surface area contributed by atoms with Gasteiger partial charge in [-0.05, 0) is 24.6 Å². The van der Waals surface area contributed by atoms with Crippen molar-refractivity contribution in [3.63, 3.8) is 0 Å². The highest BCUT2D eigenvalue weighted by Gasteiger charge is 2.09. The van der Waals surface area contributed by atoms with Crippen LogP contribution < -0.4 is 4.74 Å². The van der Waals surface area contributed by atoms with Crippen LogP contribution in [0.3, 0.4) is 0 Å². The molecule has 1 rings (SSSR count). The van der Waals surface area contributed by atoms with E-state index in [0.717, 1.165) is 12.8 Å². The van der Waals surface area contributed by atoms with Crippen molar-refractivity contribution in [2.45, 2.75) is 64.7 Å². The molecule has 0 bridgehead atoms. The third-order valence-electron chi connectivity index (χ3n) is 3.73. The van der Waals surface area contributed by atoms with Crippen LogP contribution in [-0.4, -0.2) is 12.9 Å². The van der Waals surface area contributed by atoms with Gasteiger partial charge in [-0.3, -0.25) is 4.79 Å². The summed E-state index contributed by atoms with van der Waals surface area (Å²) in [6.07, 6.45) is 10.2. The zero-order valence-electron chi connectivity index (χ0n) is 13.3. The summed E-state index contributed by atoms with van der Waals surface area (Å²) in [6, 6.07) is 4.31. The number of carbonyl (C=O) groups is 1. The summed E-state index contributed by atoms with van der Waals surface area (Å²) >= 11 is 0. The monoisotopic (exact) mass is 294 g/mol. The van der Waals surface area contributed by atoms with Gasteiger partial charge in [0.2, 0.25) is 0 Å². The molecule has 0 aromatic heterocycles. The highest BCUT2D eigenvalue weighted by molar-refractivity contribution is 5.96. The number of methoxy groups -OCH3 is 1. The van der Waals surface area contributed by atoms with Gasteiger partial charge < -0.3 is 4.74 Å². The topological polar surface area (TPSA) is 26.3 Å². The Morgan fingerprint density at radius 1 is 1.05 bits per heavy atom. The Balaban J connectivity index is 2.22. The number of carbonyl (C=O) groups excluding carboxylic acids is 1. The van der Waals surface area contributed by atoms with E-state index < -0.39 is 5.82 Å². The second-order valence-electron chi connectivity index (χ2n) is 5.50. The van der Waals surface area contributed by atoms with Crippen LogP contribution >= 0.6 is 0 Å². The van der Waals surface area contributed by atoms with Crippen molar-refractivity contribution in [3.05, 3.63) is 29.6 Å². The number of Topliss-reactive ketones (excluding diaryl/α,β-unsaturated/α-hetero) is 1. The van der Waals surface area contributed by atoms with Gasteiger partial charge in [-0.25, -0.2) is 4.39 Å². The number of rotatable bonds is 11. The van der Waals surface area contributed by atoms with E-state index in [1.54, 1.807) is 0 Å². The SMILES string of the molecule is CCCCCCCCCCC(=O)c1ccc(F)c(OC)c1. The summed E-state index contributed by atoms with van der Waals surface area (Å²) < 4.78 is 18.2. The van der Waals surface area contributed by atoms with Crippen molar-refractivity contribution in [1.82, 2.24) is 0 Å². The van der Waals surface area contributed by atoms with Gasteiger partial charge >= 0.3 is 0 Å². The molecule has 0 saturated heterocycles. The molecule has 0 saturated carbocycles. The molecule has 0 heterocycles. The average molecular weight is 294 g/mol. The van der Waals surface area contributed by atoms with E-state index in [0.29, 0.717) is 12.0 Å². The highest BCUT2D eigenvalue weighted by atomic mass is 19.1. The van der Waals surface area contributed by atoms with E-state index >= 15 is 0 Å². The number of benzene rings is 1. The molecule has 0 N–H and O–H groups in total. The number of ether oxygens (including phenoxy) is 1. The third kappa shape index (κ3) is 6.74. The lowest BCUT2D eigenvalue weighted by molar-refractivity contribution is 0.0978. The summed E-state index contributed by atoms with van der Waals surface area (Å²) in [5, 5.41) is 0. The van der Waals surface area contributed by atoms with Crippen LogP contribution in [0.5, 0.6) is 5.75 Å². The van der Waals surface area contributed by atoms with Gasteiger partial charge in [0.05, 0.1) is 7.11 Å². The quantitative estimate of drug-likeness (QED) is 0.395. The number of halogens is 1. The summed E-state index contributed by atoms with van der Waals surface area (Å²) in [7, 11) is 1.41. The number of hydrogen-bond donors (Lipinski definition) is 0. The fourth-order valence-electron chi connectivity index (χ4n) is 2.40. The van der Waals surface area contributed by atoms with Crippen molar-refractivity contribution in [2.75, 3.05) is 7.11 Å². The highest BCUT2D eigenvalue weighted by Crippen LogP contribution is 2.20. The molecule has 0 unspecified atom stereocenters. The van der Waals surface area contributed by atoms with Gasteiger partial charge in [0.15, 0.2) is 17.3 Å². The molecule has 21 heavy (non-hydrogen) atoms. The maximum atomic E-state index is 13.3. The Morgan fingerprint density at radius 3 is 2.29 bits per heavy atom. The van der Waals surface area contributed by atoms with Crippen molar-refractivity contribution in [2.24, 2.45) is 0 Å². The number of unbranched alkanes of at least 4 members (excludes halogenated alkanes) is 7. The minimum Gasteiger partial charge on any atom is -0.494 e. The first-order valence-electron chi connectivity index (χ1n) is 8.05. The second-order valence-corrected chi connectivity index (χ2v) is 5.50. The Morgan fingerprint density at radius 2 is 1.67 bits per heavy atom. The zero-order valence-corrected chi connectivity index (χ0v) is 13.3. The molecule has 0 fully saturated rings. The molecule has 1 aromatic rings. The van der Waals surface area contributed by atoms with Gasteiger partial charge in [0.1, 0.15) is 0 Å². The van der Waals surface area contributed by atoms with E-state index in [4.69, 9.17) is 4.74 Å². The fraction of sp³-hybridized carbons (Fsp3) is 0.611. The van der Waals surface area contributed by atoms with Crippen LogP contribution in [0.15, 0.2) is 18.2 Å². The van der Waals surface area contributed by atoms with Gasteiger partial charge in [-0.2, -0.15) is 0 Å². The number of hydrogen-bond acceptors (Lipinski definition) is 2. The smallest absolute Gasteiger partial charge is 0.165 e. The molecule has 2 nitrogen and oxygen atoms in total. The molecule has 0 aliphatic heterocycles. The predicted molar refractivity (Wildman–Crippen MR) is 84.5 cm³/mol. The Labute approximate surface area is 127 Å². The Kier molecular flexibility index (Phi) is 8.72. The minimum absolute atomic E-state index is 0.0688. The van der Waals surface area contributed by atoms with E-state index in [9.17, 15) is 9.18 Å². The Hall–Kier alpha value is -1.38. The largest absolute Gasteiger partial charge is 0.494 e. The maximum Gasteiger partial charge on any atom is 0.165 e. The van der Waals surface area contributed by atoms with Crippen LogP contribution in [0.1, 0.15) is 75.1 Å². The molecule has 0 spiro atoms. The minimum atomic E-state index is -0.430. The lowest BCUT2D eigenvalue weighted by Crippen LogP contribution is -2.00. The van der Waals surface area contributed by atoms with Crippen LogP contribution in [0.25, 0.3) is 0 Å². The summed E-state index contributed by atoms with van der Waals surface area (Å²) in [5.74, 6) is -0.225. The summed E-state index contributed by atoms with van der Waals surface area (Å²) in [5.41, 5.74) is 0.538.